The predicted molar refractivity (Wildman–Crippen MR) is 103 cm³/mol. The second kappa shape index (κ2) is 5.69. The lowest BCUT2D eigenvalue weighted by molar-refractivity contribution is 0.0990. The number of carbonyl (C=O) groups excluding carboxylic acids is 1. The summed E-state index contributed by atoms with van der Waals surface area (Å²) in [5.41, 5.74) is 2.90. The molecule has 0 bridgehead atoms. The maximum absolute atomic E-state index is 13.0. The van der Waals surface area contributed by atoms with Crippen molar-refractivity contribution < 1.29 is 4.79 Å². The van der Waals surface area contributed by atoms with Crippen molar-refractivity contribution in [3.63, 3.8) is 0 Å². The number of amides is 1. The number of carbonyl (C=O) groups is 1. The molecule has 6 heteroatoms. The highest BCUT2D eigenvalue weighted by molar-refractivity contribution is 7.21. The number of thiophene rings is 1. The molecule has 0 fully saturated rings. The van der Waals surface area contributed by atoms with Gasteiger partial charge in [0, 0.05) is 40.6 Å². The third-order valence-corrected chi connectivity index (χ3v) is 5.56. The summed E-state index contributed by atoms with van der Waals surface area (Å²) >= 11 is 7.48. The lowest BCUT2D eigenvalue weighted by Crippen LogP contribution is -2.39. The van der Waals surface area contributed by atoms with Gasteiger partial charge in [0.1, 0.15) is 4.88 Å². The minimum absolute atomic E-state index is 0.0250. The molecule has 0 radical (unpaired) electrons. The molecule has 122 valence electrons. The maximum atomic E-state index is 13.0. The fourth-order valence-corrected chi connectivity index (χ4v) is 4.28. The Morgan fingerprint density at radius 1 is 1.17 bits per heavy atom. The SMILES string of the molecule is CN(C)c1cccc2sc3c(c12)NCN(c1ccc(Cl)cc1)C3=O. The summed E-state index contributed by atoms with van der Waals surface area (Å²) in [6, 6.07) is 13.5. The fourth-order valence-electron chi connectivity index (χ4n) is 3.00. The van der Waals surface area contributed by atoms with E-state index in [0.717, 1.165) is 32.0 Å². The highest BCUT2D eigenvalue weighted by Gasteiger charge is 2.30. The largest absolute Gasteiger partial charge is 0.377 e. The van der Waals surface area contributed by atoms with Crippen LogP contribution in [0.15, 0.2) is 42.5 Å². The number of nitrogens with zero attached hydrogens (tertiary/aromatic N) is 2. The quantitative estimate of drug-likeness (QED) is 0.725. The van der Waals surface area contributed by atoms with Gasteiger partial charge < -0.3 is 10.2 Å². The van der Waals surface area contributed by atoms with Crippen molar-refractivity contribution in [3.8, 4) is 0 Å². The van der Waals surface area contributed by atoms with E-state index >= 15 is 0 Å². The van der Waals surface area contributed by atoms with Crippen LogP contribution >= 0.6 is 22.9 Å². The molecule has 4 nitrogen and oxygen atoms in total. The second-order valence-electron chi connectivity index (χ2n) is 5.90. The summed E-state index contributed by atoms with van der Waals surface area (Å²) in [6.07, 6.45) is 0. The van der Waals surface area contributed by atoms with Crippen molar-refractivity contribution in [3.05, 3.63) is 52.4 Å². The number of rotatable bonds is 2. The van der Waals surface area contributed by atoms with Crippen LogP contribution in [0, 0.1) is 0 Å². The molecule has 4 rings (SSSR count). The highest BCUT2D eigenvalue weighted by atomic mass is 35.5. The second-order valence-corrected chi connectivity index (χ2v) is 7.38. The van der Waals surface area contributed by atoms with E-state index in [1.165, 1.54) is 11.3 Å². The summed E-state index contributed by atoms with van der Waals surface area (Å²) in [4.78, 5) is 17.6. The lowest BCUT2D eigenvalue weighted by Gasteiger charge is -2.28. The number of halogens is 1. The Hall–Kier alpha value is -2.24. The monoisotopic (exact) mass is 357 g/mol. The summed E-state index contributed by atoms with van der Waals surface area (Å²) in [5.74, 6) is 0.0250. The zero-order chi connectivity index (χ0) is 16.8. The van der Waals surface area contributed by atoms with E-state index in [4.69, 9.17) is 11.6 Å². The first-order valence-electron chi connectivity index (χ1n) is 7.60. The molecular weight excluding hydrogens is 342 g/mol. The topological polar surface area (TPSA) is 35.6 Å². The van der Waals surface area contributed by atoms with Crippen molar-refractivity contribution in [1.29, 1.82) is 0 Å². The number of anilines is 3. The molecule has 1 aromatic heterocycles. The number of nitrogens with one attached hydrogen (secondary N) is 1. The Morgan fingerprint density at radius 3 is 2.62 bits per heavy atom. The molecule has 0 spiro atoms. The number of benzene rings is 2. The summed E-state index contributed by atoms with van der Waals surface area (Å²) < 4.78 is 1.12. The number of hydrogen-bond acceptors (Lipinski definition) is 4. The molecule has 0 unspecified atom stereocenters. The molecule has 3 aromatic rings. The van der Waals surface area contributed by atoms with Crippen molar-refractivity contribution in [2.75, 3.05) is 35.9 Å². The van der Waals surface area contributed by atoms with E-state index in [9.17, 15) is 4.79 Å². The Morgan fingerprint density at radius 2 is 1.92 bits per heavy atom. The van der Waals surface area contributed by atoms with Crippen LogP contribution in [0.3, 0.4) is 0 Å². The standard InChI is InChI=1S/C18H16ClN3OS/c1-21(2)13-4-3-5-14-15(13)16-17(24-14)18(23)22(10-20-16)12-8-6-11(19)7-9-12/h3-9,20H,10H2,1-2H3. The van der Waals surface area contributed by atoms with E-state index in [1.807, 2.05) is 32.3 Å². The van der Waals surface area contributed by atoms with Gasteiger partial charge in [-0.1, -0.05) is 17.7 Å². The van der Waals surface area contributed by atoms with Crippen LogP contribution in [0.25, 0.3) is 10.1 Å². The average molecular weight is 358 g/mol. The van der Waals surface area contributed by atoms with E-state index in [0.29, 0.717) is 11.7 Å². The minimum atomic E-state index is 0.0250. The van der Waals surface area contributed by atoms with Gasteiger partial charge in [-0.05, 0) is 36.4 Å². The van der Waals surface area contributed by atoms with Crippen LogP contribution in [0.5, 0.6) is 0 Å². The molecule has 0 atom stereocenters. The first-order chi connectivity index (χ1) is 11.6. The van der Waals surface area contributed by atoms with Gasteiger partial charge in [-0.2, -0.15) is 0 Å². The number of fused-ring (bicyclic) bond motifs is 3. The number of hydrogen-bond donors (Lipinski definition) is 1. The Labute approximate surface area is 149 Å². The zero-order valence-electron chi connectivity index (χ0n) is 13.3. The van der Waals surface area contributed by atoms with E-state index in [-0.39, 0.29) is 5.91 Å². The molecule has 24 heavy (non-hydrogen) atoms. The smallest absolute Gasteiger partial charge is 0.271 e. The maximum Gasteiger partial charge on any atom is 0.271 e. The Bertz CT molecular complexity index is 933. The lowest BCUT2D eigenvalue weighted by atomic mass is 10.1. The normalized spacial score (nSPS) is 13.8. The van der Waals surface area contributed by atoms with Gasteiger partial charge >= 0.3 is 0 Å². The minimum Gasteiger partial charge on any atom is -0.377 e. The third-order valence-electron chi connectivity index (χ3n) is 4.17. The van der Waals surface area contributed by atoms with Crippen molar-refractivity contribution in [1.82, 2.24) is 0 Å². The Kier molecular flexibility index (Phi) is 3.62. The van der Waals surface area contributed by atoms with Crippen LogP contribution in [0.1, 0.15) is 9.67 Å². The molecule has 0 saturated carbocycles. The first-order valence-corrected chi connectivity index (χ1v) is 8.80. The molecule has 2 aromatic carbocycles. The molecule has 1 aliphatic heterocycles. The van der Waals surface area contributed by atoms with Crippen LogP contribution in [-0.4, -0.2) is 26.7 Å². The third kappa shape index (κ3) is 2.32. The van der Waals surface area contributed by atoms with Gasteiger partial charge in [-0.25, -0.2) is 0 Å². The average Bonchev–Trinajstić information content (AvgIpc) is 2.96. The van der Waals surface area contributed by atoms with Gasteiger partial charge in [0.25, 0.3) is 5.91 Å². The molecule has 2 heterocycles. The van der Waals surface area contributed by atoms with E-state index < -0.39 is 0 Å². The molecule has 0 saturated heterocycles. The molecular formula is C18H16ClN3OS. The predicted octanol–water partition coefficient (Wildman–Crippen LogP) is 4.65. The van der Waals surface area contributed by atoms with E-state index in [2.05, 4.69) is 22.3 Å². The molecule has 1 amide bonds. The van der Waals surface area contributed by atoms with Crippen LogP contribution in [-0.2, 0) is 0 Å². The van der Waals surface area contributed by atoms with Gasteiger partial charge in [0.2, 0.25) is 0 Å². The highest BCUT2D eigenvalue weighted by Crippen LogP contribution is 2.43. The molecule has 0 aliphatic carbocycles. The van der Waals surface area contributed by atoms with Gasteiger partial charge in [0.15, 0.2) is 0 Å². The summed E-state index contributed by atoms with van der Waals surface area (Å²) in [5, 5.41) is 5.21. The van der Waals surface area contributed by atoms with Crippen molar-refractivity contribution >= 4 is 56.0 Å². The van der Waals surface area contributed by atoms with Gasteiger partial charge in [-0.15, -0.1) is 11.3 Å². The summed E-state index contributed by atoms with van der Waals surface area (Å²) in [6.45, 7) is 0.445. The van der Waals surface area contributed by atoms with Crippen LogP contribution < -0.4 is 15.1 Å². The Balaban J connectivity index is 1.82. The van der Waals surface area contributed by atoms with Gasteiger partial charge in [-0.3, -0.25) is 9.69 Å². The van der Waals surface area contributed by atoms with Crippen molar-refractivity contribution in [2.45, 2.75) is 0 Å². The van der Waals surface area contributed by atoms with Crippen LogP contribution in [0.4, 0.5) is 17.1 Å². The van der Waals surface area contributed by atoms with E-state index in [1.54, 1.807) is 17.0 Å². The first kappa shape index (κ1) is 15.3. The fraction of sp³-hybridized carbons (Fsp3) is 0.167. The van der Waals surface area contributed by atoms with Gasteiger partial charge in [0.05, 0.1) is 12.4 Å². The molecule has 1 N–H and O–H groups in total. The summed E-state index contributed by atoms with van der Waals surface area (Å²) in [7, 11) is 4.03. The molecule has 1 aliphatic rings. The van der Waals surface area contributed by atoms with Crippen molar-refractivity contribution in [2.24, 2.45) is 0 Å². The van der Waals surface area contributed by atoms with Crippen LogP contribution in [0.2, 0.25) is 5.02 Å². The zero-order valence-corrected chi connectivity index (χ0v) is 14.9.